The van der Waals surface area contributed by atoms with Gasteiger partial charge >= 0.3 is 0 Å². The number of nitrogens with zero attached hydrogens (tertiary/aromatic N) is 1. The molecule has 0 fully saturated rings. The molecule has 2 rings (SSSR count). The van der Waals surface area contributed by atoms with Gasteiger partial charge in [-0.05, 0) is 37.3 Å². The second kappa shape index (κ2) is 5.28. The zero-order chi connectivity index (χ0) is 13.0. The lowest BCUT2D eigenvalue weighted by molar-refractivity contribution is 0.498. The van der Waals surface area contributed by atoms with Crippen LogP contribution in [-0.4, -0.2) is 6.04 Å². The molecule has 0 aliphatic carbocycles. The molecule has 3 N–H and O–H groups in total. The minimum Gasteiger partial charge on any atom is -0.469 e. The van der Waals surface area contributed by atoms with Crippen LogP contribution in [-0.2, 0) is 6.42 Å². The second-order valence-corrected chi connectivity index (χ2v) is 4.24. The average Bonchev–Trinajstić information content (AvgIpc) is 2.82. The van der Waals surface area contributed by atoms with Gasteiger partial charge < -0.3 is 15.5 Å². The van der Waals surface area contributed by atoms with Crippen LogP contribution in [0.4, 0.5) is 11.4 Å². The molecular formula is C14H15N3O. The van der Waals surface area contributed by atoms with E-state index in [4.69, 9.17) is 15.4 Å². The van der Waals surface area contributed by atoms with E-state index in [1.54, 1.807) is 18.4 Å². The Bertz CT molecular complexity index is 555. The van der Waals surface area contributed by atoms with Gasteiger partial charge in [0.1, 0.15) is 11.8 Å². The van der Waals surface area contributed by atoms with Gasteiger partial charge in [0.25, 0.3) is 0 Å². The van der Waals surface area contributed by atoms with Gasteiger partial charge in [-0.2, -0.15) is 5.26 Å². The fourth-order valence-electron chi connectivity index (χ4n) is 1.82. The lowest BCUT2D eigenvalue weighted by Gasteiger charge is -2.14. The first-order valence-electron chi connectivity index (χ1n) is 5.77. The summed E-state index contributed by atoms with van der Waals surface area (Å²) in [6, 6.07) is 11.4. The monoisotopic (exact) mass is 241 g/mol. The van der Waals surface area contributed by atoms with Crippen molar-refractivity contribution in [3.63, 3.8) is 0 Å². The number of furan rings is 1. The fourth-order valence-corrected chi connectivity index (χ4v) is 1.82. The maximum atomic E-state index is 8.80. The zero-order valence-electron chi connectivity index (χ0n) is 10.2. The van der Waals surface area contributed by atoms with Crippen molar-refractivity contribution in [2.45, 2.75) is 19.4 Å². The van der Waals surface area contributed by atoms with Crippen LogP contribution in [0.1, 0.15) is 18.2 Å². The van der Waals surface area contributed by atoms with Gasteiger partial charge in [0, 0.05) is 18.2 Å². The van der Waals surface area contributed by atoms with Gasteiger partial charge in [-0.25, -0.2) is 0 Å². The van der Waals surface area contributed by atoms with Gasteiger partial charge in [0.15, 0.2) is 0 Å². The van der Waals surface area contributed by atoms with E-state index in [1.807, 2.05) is 24.3 Å². The predicted molar refractivity (Wildman–Crippen MR) is 71.1 cm³/mol. The molecule has 4 nitrogen and oxygen atoms in total. The topological polar surface area (TPSA) is 75.0 Å². The summed E-state index contributed by atoms with van der Waals surface area (Å²) in [6.07, 6.45) is 2.47. The molecule has 1 unspecified atom stereocenters. The van der Waals surface area contributed by atoms with Crippen molar-refractivity contribution in [3.8, 4) is 6.07 Å². The third kappa shape index (κ3) is 2.83. The Morgan fingerprint density at radius 2 is 2.28 bits per heavy atom. The summed E-state index contributed by atoms with van der Waals surface area (Å²) in [5, 5.41) is 12.1. The van der Waals surface area contributed by atoms with Gasteiger partial charge in [-0.1, -0.05) is 0 Å². The zero-order valence-corrected chi connectivity index (χ0v) is 10.2. The van der Waals surface area contributed by atoms with Gasteiger partial charge in [-0.15, -0.1) is 0 Å². The van der Waals surface area contributed by atoms with E-state index in [0.29, 0.717) is 11.3 Å². The van der Waals surface area contributed by atoms with E-state index in [2.05, 4.69) is 12.2 Å². The Balaban J connectivity index is 2.01. The van der Waals surface area contributed by atoms with Crippen molar-refractivity contribution < 1.29 is 4.42 Å². The highest BCUT2D eigenvalue weighted by molar-refractivity contribution is 5.62. The van der Waals surface area contributed by atoms with Crippen LogP contribution in [0.3, 0.4) is 0 Å². The average molecular weight is 241 g/mol. The highest BCUT2D eigenvalue weighted by Crippen LogP contribution is 2.18. The number of nitriles is 1. The Morgan fingerprint density at radius 1 is 1.44 bits per heavy atom. The number of benzene rings is 1. The highest BCUT2D eigenvalue weighted by Gasteiger charge is 2.06. The maximum absolute atomic E-state index is 8.80. The van der Waals surface area contributed by atoms with E-state index < -0.39 is 0 Å². The van der Waals surface area contributed by atoms with Crippen molar-refractivity contribution in [3.05, 3.63) is 47.9 Å². The summed E-state index contributed by atoms with van der Waals surface area (Å²) in [5.74, 6) is 0.941. The second-order valence-electron chi connectivity index (χ2n) is 4.24. The molecule has 0 saturated carbocycles. The molecular weight excluding hydrogens is 226 g/mol. The van der Waals surface area contributed by atoms with Crippen LogP contribution in [0.5, 0.6) is 0 Å². The summed E-state index contributed by atoms with van der Waals surface area (Å²) < 4.78 is 5.29. The van der Waals surface area contributed by atoms with E-state index >= 15 is 0 Å². The maximum Gasteiger partial charge on any atom is 0.105 e. The normalized spacial score (nSPS) is 11.8. The summed E-state index contributed by atoms with van der Waals surface area (Å²) in [4.78, 5) is 0. The standard InChI is InChI=1S/C14H15N3O/c1-10(7-13-3-2-6-18-13)17-12-5-4-11(9-15)14(16)8-12/h2-6,8,10,17H,7,16H2,1H3. The summed E-state index contributed by atoms with van der Waals surface area (Å²) in [6.45, 7) is 2.07. The largest absolute Gasteiger partial charge is 0.469 e. The van der Waals surface area contributed by atoms with E-state index in [1.165, 1.54) is 0 Å². The Morgan fingerprint density at radius 3 is 2.89 bits per heavy atom. The van der Waals surface area contributed by atoms with Crippen molar-refractivity contribution in [1.82, 2.24) is 0 Å². The Hall–Kier alpha value is -2.41. The number of rotatable bonds is 4. The molecule has 1 aromatic carbocycles. The van der Waals surface area contributed by atoms with E-state index in [0.717, 1.165) is 17.9 Å². The summed E-state index contributed by atoms with van der Waals surface area (Å²) in [7, 11) is 0. The summed E-state index contributed by atoms with van der Waals surface area (Å²) in [5.41, 5.74) is 7.66. The highest BCUT2D eigenvalue weighted by atomic mass is 16.3. The number of hydrogen-bond acceptors (Lipinski definition) is 4. The quantitative estimate of drug-likeness (QED) is 0.807. The molecule has 0 saturated heterocycles. The van der Waals surface area contributed by atoms with Crippen LogP contribution >= 0.6 is 0 Å². The molecule has 0 aliphatic heterocycles. The van der Waals surface area contributed by atoms with E-state index in [-0.39, 0.29) is 6.04 Å². The molecule has 18 heavy (non-hydrogen) atoms. The number of anilines is 2. The third-order valence-electron chi connectivity index (χ3n) is 2.67. The number of nitrogens with one attached hydrogen (secondary N) is 1. The van der Waals surface area contributed by atoms with Crippen LogP contribution in [0, 0.1) is 11.3 Å². The van der Waals surface area contributed by atoms with Crippen molar-refractivity contribution in [1.29, 1.82) is 5.26 Å². The molecule has 0 spiro atoms. The lowest BCUT2D eigenvalue weighted by atomic mass is 10.1. The predicted octanol–water partition coefficient (Wildman–Crippen LogP) is 2.78. The molecule has 0 aliphatic rings. The first-order chi connectivity index (χ1) is 8.69. The molecule has 1 heterocycles. The smallest absolute Gasteiger partial charge is 0.105 e. The number of nitrogen functional groups attached to an aromatic ring is 1. The Labute approximate surface area is 106 Å². The van der Waals surface area contributed by atoms with Crippen molar-refractivity contribution in [2.24, 2.45) is 0 Å². The van der Waals surface area contributed by atoms with Crippen LogP contribution in [0.15, 0.2) is 41.0 Å². The van der Waals surface area contributed by atoms with Crippen molar-refractivity contribution in [2.75, 3.05) is 11.1 Å². The van der Waals surface area contributed by atoms with Crippen LogP contribution < -0.4 is 11.1 Å². The number of nitrogens with two attached hydrogens (primary N) is 1. The molecule has 1 atom stereocenters. The van der Waals surface area contributed by atoms with Gasteiger partial charge in [0.2, 0.25) is 0 Å². The minimum atomic E-state index is 0.225. The van der Waals surface area contributed by atoms with Crippen LogP contribution in [0.25, 0.3) is 0 Å². The molecule has 0 amide bonds. The molecule has 1 aromatic heterocycles. The van der Waals surface area contributed by atoms with Crippen LogP contribution in [0.2, 0.25) is 0 Å². The first-order valence-corrected chi connectivity index (χ1v) is 5.77. The molecule has 0 radical (unpaired) electrons. The van der Waals surface area contributed by atoms with Crippen molar-refractivity contribution >= 4 is 11.4 Å². The van der Waals surface area contributed by atoms with Gasteiger partial charge in [-0.3, -0.25) is 0 Å². The lowest BCUT2D eigenvalue weighted by Crippen LogP contribution is -2.17. The van der Waals surface area contributed by atoms with Gasteiger partial charge in [0.05, 0.1) is 17.5 Å². The minimum absolute atomic E-state index is 0.225. The summed E-state index contributed by atoms with van der Waals surface area (Å²) >= 11 is 0. The molecule has 2 aromatic rings. The van der Waals surface area contributed by atoms with E-state index in [9.17, 15) is 0 Å². The Kier molecular flexibility index (Phi) is 3.54. The molecule has 4 heteroatoms. The number of hydrogen-bond donors (Lipinski definition) is 2. The SMILES string of the molecule is CC(Cc1ccco1)Nc1ccc(C#N)c(N)c1. The molecule has 92 valence electrons. The molecule has 0 bridgehead atoms. The third-order valence-corrected chi connectivity index (χ3v) is 2.67. The first kappa shape index (κ1) is 12.1. The fraction of sp³-hybridized carbons (Fsp3) is 0.214.